The Bertz CT molecular complexity index is 880. The normalized spacial score (nSPS) is 19.9. The second kappa shape index (κ2) is 6.62. The van der Waals surface area contributed by atoms with E-state index in [2.05, 4.69) is 50.3 Å². The maximum atomic E-state index is 7.19. The van der Waals surface area contributed by atoms with Crippen molar-refractivity contribution in [3.05, 3.63) is 64.0 Å². The van der Waals surface area contributed by atoms with Crippen LogP contribution in [0, 0.1) is 6.57 Å². The van der Waals surface area contributed by atoms with Gasteiger partial charge in [-0.25, -0.2) is 0 Å². The van der Waals surface area contributed by atoms with Gasteiger partial charge in [0.2, 0.25) is 0 Å². The van der Waals surface area contributed by atoms with Gasteiger partial charge in [-0.1, -0.05) is 34.1 Å². The minimum Gasteiger partial charge on any atom is -0.486 e. The minimum absolute atomic E-state index is 0.286. The lowest BCUT2D eigenvalue weighted by Gasteiger charge is -2.41. The summed E-state index contributed by atoms with van der Waals surface area (Å²) in [6, 6.07) is 14.3. The first-order chi connectivity index (χ1) is 12.2. The van der Waals surface area contributed by atoms with Crippen LogP contribution in [0.5, 0.6) is 5.75 Å². The van der Waals surface area contributed by atoms with Crippen molar-refractivity contribution in [2.24, 2.45) is 5.10 Å². The smallest absolute Gasteiger partial charge is 0.138 e. The number of ether oxygens (including phenoxy) is 2. The van der Waals surface area contributed by atoms with Crippen LogP contribution in [0.25, 0.3) is 16.1 Å². The van der Waals surface area contributed by atoms with Crippen LogP contribution in [-0.2, 0) is 4.74 Å². The van der Waals surface area contributed by atoms with Gasteiger partial charge in [0.05, 0.1) is 18.3 Å². The molecule has 0 bridgehead atoms. The molecule has 0 aliphatic carbocycles. The number of hydrogen-bond acceptors (Lipinski definition) is 3. The van der Waals surface area contributed by atoms with Crippen LogP contribution in [-0.4, -0.2) is 24.5 Å². The summed E-state index contributed by atoms with van der Waals surface area (Å²) < 4.78 is 12.9. The van der Waals surface area contributed by atoms with Crippen LogP contribution in [0.2, 0.25) is 0 Å². The molecule has 126 valence electrons. The average Bonchev–Trinajstić information content (AvgIpc) is 2.62. The molecule has 4 rings (SSSR count). The maximum Gasteiger partial charge on any atom is 0.138 e. The highest BCUT2D eigenvalue weighted by Gasteiger charge is 2.41. The molecule has 0 radical (unpaired) electrons. The van der Waals surface area contributed by atoms with E-state index in [1.807, 2.05) is 18.2 Å². The van der Waals surface area contributed by atoms with Crippen LogP contribution in [0.3, 0.4) is 0 Å². The summed E-state index contributed by atoms with van der Waals surface area (Å²) >= 11 is 3.52. The summed E-state index contributed by atoms with van der Waals surface area (Å²) in [5.74, 6) is 0.814. The van der Waals surface area contributed by atoms with E-state index in [1.165, 1.54) is 0 Å². The van der Waals surface area contributed by atoms with Crippen LogP contribution >= 0.6 is 15.9 Å². The second-order valence-corrected chi connectivity index (χ2v) is 7.36. The molecular weight excluding hydrogens is 380 g/mol. The van der Waals surface area contributed by atoms with Gasteiger partial charge in [0.1, 0.15) is 17.1 Å². The van der Waals surface area contributed by atoms with E-state index in [1.54, 1.807) is 0 Å². The molecule has 5 heteroatoms. The molecule has 2 aliphatic heterocycles. The molecule has 0 saturated carbocycles. The van der Waals surface area contributed by atoms with Crippen molar-refractivity contribution in [2.45, 2.75) is 24.9 Å². The van der Waals surface area contributed by atoms with E-state index < -0.39 is 0 Å². The number of halogens is 1. The molecule has 0 N–H and O–H groups in total. The first-order valence-corrected chi connectivity index (χ1v) is 9.09. The number of hydrogen-bond donors (Lipinski definition) is 0. The molecule has 2 heterocycles. The van der Waals surface area contributed by atoms with Crippen LogP contribution < -0.4 is 4.74 Å². The molecule has 0 unspecified atom stereocenters. The zero-order chi connectivity index (χ0) is 17.3. The summed E-state index contributed by atoms with van der Waals surface area (Å²) in [5, 5.41) is 4.11. The van der Waals surface area contributed by atoms with Crippen molar-refractivity contribution in [2.75, 3.05) is 13.2 Å². The van der Waals surface area contributed by atoms with Crippen molar-refractivity contribution in [1.29, 1.82) is 0 Å². The Morgan fingerprint density at radius 1 is 1.08 bits per heavy atom. The van der Waals surface area contributed by atoms with Gasteiger partial charge < -0.3 is 9.47 Å². The maximum absolute atomic E-state index is 7.19. The lowest BCUT2D eigenvalue weighted by atomic mass is 9.83. The van der Waals surface area contributed by atoms with E-state index in [0.29, 0.717) is 19.6 Å². The molecule has 1 saturated heterocycles. The van der Waals surface area contributed by atoms with Crippen molar-refractivity contribution in [3.63, 3.8) is 0 Å². The largest absolute Gasteiger partial charge is 0.486 e. The molecule has 2 aromatic rings. The van der Waals surface area contributed by atoms with Gasteiger partial charge in [0, 0.05) is 29.3 Å². The second-order valence-electron chi connectivity index (χ2n) is 6.44. The van der Waals surface area contributed by atoms with Gasteiger partial charge in [-0.3, -0.25) is 0 Å². The Hall–Kier alpha value is -2.16. The zero-order valence-corrected chi connectivity index (χ0v) is 15.3. The number of benzene rings is 2. The molecule has 25 heavy (non-hydrogen) atoms. The Morgan fingerprint density at radius 2 is 1.88 bits per heavy atom. The topological polar surface area (TPSA) is 35.2 Å². The minimum atomic E-state index is -0.286. The molecule has 1 spiro atoms. The van der Waals surface area contributed by atoms with Gasteiger partial charge in [-0.2, -0.15) is 6.57 Å². The molecular formula is C20H17BrN2O2. The summed E-state index contributed by atoms with van der Waals surface area (Å²) in [7, 11) is 0. The molecule has 2 aromatic carbocycles. The number of nitrogens with zero attached hydrogens (tertiary/aromatic N) is 2. The van der Waals surface area contributed by atoms with E-state index in [-0.39, 0.29) is 5.60 Å². The highest BCUT2D eigenvalue weighted by Crippen LogP contribution is 2.41. The van der Waals surface area contributed by atoms with E-state index in [0.717, 1.165) is 45.5 Å². The van der Waals surface area contributed by atoms with Crippen LogP contribution in [0.4, 0.5) is 0 Å². The van der Waals surface area contributed by atoms with Gasteiger partial charge in [-0.05, 0) is 35.4 Å². The molecule has 0 aromatic heterocycles. The lowest BCUT2D eigenvalue weighted by Crippen LogP contribution is -2.46. The average molecular weight is 397 g/mol. The number of fused-ring (bicyclic) bond motifs is 1. The fourth-order valence-corrected chi connectivity index (χ4v) is 3.93. The Balaban J connectivity index is 1.77. The predicted octanol–water partition coefficient (Wildman–Crippen LogP) is 5.07. The van der Waals surface area contributed by atoms with Gasteiger partial charge >= 0.3 is 0 Å². The zero-order valence-electron chi connectivity index (χ0n) is 13.7. The molecule has 0 atom stereocenters. The van der Waals surface area contributed by atoms with Gasteiger partial charge in [0.15, 0.2) is 0 Å². The molecule has 0 amide bonds. The van der Waals surface area contributed by atoms with Gasteiger partial charge in [-0.15, -0.1) is 4.95 Å². The lowest BCUT2D eigenvalue weighted by molar-refractivity contribution is -0.0441. The van der Waals surface area contributed by atoms with Gasteiger partial charge in [0.25, 0.3) is 0 Å². The summed E-state index contributed by atoms with van der Waals surface area (Å²) in [5.41, 5.74) is 3.65. The highest BCUT2D eigenvalue weighted by atomic mass is 79.9. The van der Waals surface area contributed by atoms with Crippen LogP contribution in [0.1, 0.15) is 24.8 Å². The third-order valence-corrected chi connectivity index (χ3v) is 5.33. The SMILES string of the molecule is [C-]#[N+]N=C1CC2(CCOCC2)Oc2ccc(-c3cccc(Br)c3)cc21. The van der Waals surface area contributed by atoms with Crippen molar-refractivity contribution in [1.82, 2.24) is 0 Å². The van der Waals surface area contributed by atoms with Crippen molar-refractivity contribution >= 4 is 21.6 Å². The first-order valence-electron chi connectivity index (χ1n) is 8.30. The highest BCUT2D eigenvalue weighted by molar-refractivity contribution is 9.10. The summed E-state index contributed by atoms with van der Waals surface area (Å²) in [4.78, 5) is 3.30. The van der Waals surface area contributed by atoms with E-state index in [4.69, 9.17) is 16.0 Å². The van der Waals surface area contributed by atoms with E-state index >= 15 is 0 Å². The standard InChI is InChI=1S/C20H17BrN2O2/c1-22-23-18-13-20(7-9-24-10-8-20)25-19-6-5-15(12-17(18)19)14-3-2-4-16(21)11-14/h2-6,11-12H,7-10,13H2. The van der Waals surface area contributed by atoms with Crippen molar-refractivity contribution in [3.8, 4) is 16.9 Å². The van der Waals surface area contributed by atoms with E-state index in [9.17, 15) is 0 Å². The Morgan fingerprint density at radius 3 is 2.64 bits per heavy atom. The Labute approximate surface area is 155 Å². The molecule has 4 nitrogen and oxygen atoms in total. The summed E-state index contributed by atoms with van der Waals surface area (Å²) in [6.07, 6.45) is 2.32. The summed E-state index contributed by atoms with van der Waals surface area (Å²) in [6.45, 7) is 8.58. The fourth-order valence-electron chi connectivity index (χ4n) is 3.53. The quantitative estimate of drug-likeness (QED) is 0.498. The third-order valence-electron chi connectivity index (χ3n) is 4.84. The number of rotatable bonds is 1. The third kappa shape index (κ3) is 3.20. The van der Waals surface area contributed by atoms with Crippen LogP contribution in [0.15, 0.2) is 52.0 Å². The monoisotopic (exact) mass is 396 g/mol. The fraction of sp³-hybridized carbons (Fsp3) is 0.300. The molecule has 1 fully saturated rings. The van der Waals surface area contributed by atoms with Crippen molar-refractivity contribution < 1.29 is 9.47 Å². The Kier molecular flexibility index (Phi) is 4.32. The predicted molar refractivity (Wildman–Crippen MR) is 101 cm³/mol. The first kappa shape index (κ1) is 16.3. The molecule has 2 aliphatic rings.